The Morgan fingerprint density at radius 3 is 2.57 bits per heavy atom. The molecule has 0 saturated carbocycles. The molecule has 0 aliphatic carbocycles. The lowest BCUT2D eigenvalue weighted by molar-refractivity contribution is -0.114. The highest BCUT2D eigenvalue weighted by molar-refractivity contribution is 6.03. The summed E-state index contributed by atoms with van der Waals surface area (Å²) in [6, 6.07) is 9.88. The quantitative estimate of drug-likeness (QED) is 0.691. The molecule has 0 N–H and O–H groups in total. The Balaban J connectivity index is 1.69. The molecule has 150 valence electrons. The molecule has 1 aliphatic rings. The second-order valence-corrected chi connectivity index (χ2v) is 7.17. The molecule has 1 saturated heterocycles. The summed E-state index contributed by atoms with van der Waals surface area (Å²) in [5, 5.41) is 4.42. The van der Waals surface area contributed by atoms with Crippen LogP contribution < -0.4 is 4.90 Å². The van der Waals surface area contributed by atoms with Gasteiger partial charge in [-0.1, -0.05) is 18.2 Å². The van der Waals surface area contributed by atoms with Crippen LogP contribution in [0, 0.1) is 13.8 Å². The van der Waals surface area contributed by atoms with Gasteiger partial charge in [-0.3, -0.25) is 14.4 Å². The van der Waals surface area contributed by atoms with Gasteiger partial charge < -0.3 is 9.64 Å². The number of aromatic nitrogens is 2. The molecule has 28 heavy (non-hydrogen) atoms. The summed E-state index contributed by atoms with van der Waals surface area (Å²) in [6.07, 6.45) is 4.48. The number of amides is 1. The number of nitrogens with zero attached hydrogens (tertiary/aromatic N) is 4. The van der Waals surface area contributed by atoms with Crippen molar-refractivity contribution in [2.45, 2.75) is 20.3 Å². The fourth-order valence-electron chi connectivity index (χ4n) is 3.53. The van der Waals surface area contributed by atoms with Gasteiger partial charge in [-0.25, -0.2) is 0 Å². The lowest BCUT2D eigenvalue weighted by atomic mass is 10.1. The van der Waals surface area contributed by atoms with E-state index in [4.69, 9.17) is 4.74 Å². The number of hydrogen-bond acceptors (Lipinski definition) is 4. The standard InChI is InChI=1S/C22H30N4O2/c1-18-21(19(2)24(3)23-18)10-11-22(27)26(20-8-5-4-6-9-20)13-7-12-25-14-16-28-17-15-25/h4-6,8-11H,7,12-17H2,1-3H3. The van der Waals surface area contributed by atoms with E-state index in [-0.39, 0.29) is 5.91 Å². The fourth-order valence-corrected chi connectivity index (χ4v) is 3.53. The Hall–Kier alpha value is -2.44. The van der Waals surface area contributed by atoms with Crippen LogP contribution in [0.25, 0.3) is 6.08 Å². The molecule has 1 aromatic heterocycles. The van der Waals surface area contributed by atoms with Crippen LogP contribution >= 0.6 is 0 Å². The highest BCUT2D eigenvalue weighted by Gasteiger charge is 2.16. The lowest BCUT2D eigenvalue weighted by Gasteiger charge is -2.28. The maximum atomic E-state index is 13.0. The zero-order chi connectivity index (χ0) is 19.9. The van der Waals surface area contributed by atoms with Crippen molar-refractivity contribution >= 4 is 17.7 Å². The van der Waals surface area contributed by atoms with Crippen molar-refractivity contribution < 1.29 is 9.53 Å². The van der Waals surface area contributed by atoms with Gasteiger partial charge in [0, 0.05) is 56.2 Å². The van der Waals surface area contributed by atoms with E-state index in [1.807, 2.05) is 66.9 Å². The first-order chi connectivity index (χ1) is 13.6. The van der Waals surface area contributed by atoms with E-state index < -0.39 is 0 Å². The summed E-state index contributed by atoms with van der Waals surface area (Å²) in [7, 11) is 1.92. The van der Waals surface area contributed by atoms with E-state index in [1.54, 1.807) is 6.08 Å². The second kappa shape index (κ2) is 9.66. The summed E-state index contributed by atoms with van der Waals surface area (Å²) < 4.78 is 7.25. The van der Waals surface area contributed by atoms with Crippen molar-refractivity contribution in [1.29, 1.82) is 0 Å². The van der Waals surface area contributed by atoms with E-state index in [2.05, 4.69) is 10.00 Å². The molecule has 0 radical (unpaired) electrons. The molecule has 1 aromatic carbocycles. The number of morpholine rings is 1. The molecule has 3 rings (SSSR count). The number of para-hydroxylation sites is 1. The Kier molecular flexibility index (Phi) is 7.01. The highest BCUT2D eigenvalue weighted by atomic mass is 16.5. The van der Waals surface area contributed by atoms with Gasteiger partial charge in [-0.05, 0) is 38.5 Å². The van der Waals surface area contributed by atoms with Gasteiger partial charge in [0.15, 0.2) is 0 Å². The molecule has 0 spiro atoms. The average molecular weight is 383 g/mol. The SMILES string of the molecule is Cc1nn(C)c(C)c1C=CC(=O)N(CCCN1CCOCC1)c1ccccc1. The van der Waals surface area contributed by atoms with Crippen LogP contribution in [0.2, 0.25) is 0 Å². The van der Waals surface area contributed by atoms with Gasteiger partial charge in [0.1, 0.15) is 0 Å². The number of carbonyl (C=O) groups excluding carboxylic acids is 1. The number of hydrogen-bond donors (Lipinski definition) is 0. The first kappa shape index (κ1) is 20.3. The Morgan fingerprint density at radius 1 is 1.21 bits per heavy atom. The van der Waals surface area contributed by atoms with Crippen molar-refractivity contribution in [2.75, 3.05) is 44.3 Å². The minimum atomic E-state index is -0.00386. The molecule has 6 heteroatoms. The van der Waals surface area contributed by atoms with Crippen LogP contribution in [0.5, 0.6) is 0 Å². The van der Waals surface area contributed by atoms with E-state index in [0.29, 0.717) is 6.54 Å². The Bertz CT molecular complexity index is 807. The monoisotopic (exact) mass is 382 g/mol. The van der Waals surface area contributed by atoms with Crippen LogP contribution in [0.15, 0.2) is 36.4 Å². The highest BCUT2D eigenvalue weighted by Crippen LogP contribution is 2.17. The van der Waals surface area contributed by atoms with E-state index in [9.17, 15) is 4.79 Å². The molecule has 6 nitrogen and oxygen atoms in total. The molecular weight excluding hydrogens is 352 g/mol. The average Bonchev–Trinajstić information content (AvgIpc) is 2.96. The number of benzene rings is 1. The Morgan fingerprint density at radius 2 is 1.93 bits per heavy atom. The largest absolute Gasteiger partial charge is 0.379 e. The van der Waals surface area contributed by atoms with Gasteiger partial charge in [0.05, 0.1) is 18.9 Å². The van der Waals surface area contributed by atoms with Gasteiger partial charge in [-0.2, -0.15) is 5.10 Å². The van der Waals surface area contributed by atoms with Crippen molar-refractivity contribution in [3.63, 3.8) is 0 Å². The minimum Gasteiger partial charge on any atom is -0.379 e. The molecule has 2 aromatic rings. The number of anilines is 1. The van der Waals surface area contributed by atoms with E-state index in [0.717, 1.165) is 61.9 Å². The Labute approximate surface area is 167 Å². The summed E-state index contributed by atoms with van der Waals surface area (Å²) in [4.78, 5) is 17.3. The summed E-state index contributed by atoms with van der Waals surface area (Å²) in [5.41, 5.74) is 3.93. The summed E-state index contributed by atoms with van der Waals surface area (Å²) in [5.74, 6) is -0.00386. The summed E-state index contributed by atoms with van der Waals surface area (Å²) in [6.45, 7) is 9.19. The van der Waals surface area contributed by atoms with E-state index in [1.165, 1.54) is 0 Å². The predicted molar refractivity (Wildman–Crippen MR) is 112 cm³/mol. The number of rotatable bonds is 7. The maximum absolute atomic E-state index is 13.0. The fraction of sp³-hybridized carbons (Fsp3) is 0.455. The molecule has 1 fully saturated rings. The molecule has 0 atom stereocenters. The smallest absolute Gasteiger partial charge is 0.250 e. The maximum Gasteiger partial charge on any atom is 0.250 e. The molecule has 0 bridgehead atoms. The number of aryl methyl sites for hydroxylation is 2. The number of carbonyl (C=O) groups is 1. The first-order valence-corrected chi connectivity index (χ1v) is 9.91. The topological polar surface area (TPSA) is 50.6 Å². The molecule has 1 aliphatic heterocycles. The minimum absolute atomic E-state index is 0.00386. The van der Waals surface area contributed by atoms with Gasteiger partial charge in [0.2, 0.25) is 0 Å². The molecular formula is C22H30N4O2. The third-order valence-electron chi connectivity index (χ3n) is 5.25. The van der Waals surface area contributed by atoms with Crippen molar-refractivity contribution in [1.82, 2.24) is 14.7 Å². The zero-order valence-electron chi connectivity index (χ0n) is 17.1. The van der Waals surface area contributed by atoms with Crippen molar-refractivity contribution in [3.05, 3.63) is 53.4 Å². The molecule has 0 unspecified atom stereocenters. The number of ether oxygens (including phenoxy) is 1. The summed E-state index contributed by atoms with van der Waals surface area (Å²) >= 11 is 0. The van der Waals surface area contributed by atoms with Gasteiger partial charge in [0.25, 0.3) is 5.91 Å². The van der Waals surface area contributed by atoms with Crippen LogP contribution in [-0.2, 0) is 16.6 Å². The van der Waals surface area contributed by atoms with Crippen LogP contribution in [0.1, 0.15) is 23.4 Å². The van der Waals surface area contributed by atoms with E-state index >= 15 is 0 Å². The lowest BCUT2D eigenvalue weighted by Crippen LogP contribution is -2.39. The van der Waals surface area contributed by atoms with Crippen LogP contribution in [0.4, 0.5) is 5.69 Å². The van der Waals surface area contributed by atoms with Crippen molar-refractivity contribution in [3.8, 4) is 0 Å². The third kappa shape index (κ3) is 5.09. The third-order valence-corrected chi connectivity index (χ3v) is 5.25. The molecule has 2 heterocycles. The normalized spacial score (nSPS) is 15.2. The van der Waals surface area contributed by atoms with Crippen molar-refractivity contribution in [2.24, 2.45) is 7.05 Å². The second-order valence-electron chi connectivity index (χ2n) is 7.17. The van der Waals surface area contributed by atoms with Crippen LogP contribution in [0.3, 0.4) is 0 Å². The van der Waals surface area contributed by atoms with Gasteiger partial charge in [-0.15, -0.1) is 0 Å². The predicted octanol–water partition coefficient (Wildman–Crippen LogP) is 2.81. The first-order valence-electron chi connectivity index (χ1n) is 9.91. The zero-order valence-corrected chi connectivity index (χ0v) is 17.1. The van der Waals surface area contributed by atoms with Gasteiger partial charge >= 0.3 is 0 Å². The molecule has 1 amide bonds. The van der Waals surface area contributed by atoms with Crippen LogP contribution in [-0.4, -0.2) is 60.0 Å².